The van der Waals surface area contributed by atoms with Crippen LogP contribution in [0, 0.1) is 0 Å². The Morgan fingerprint density at radius 3 is 3.00 bits per heavy atom. The minimum atomic E-state index is -0.137. The molecule has 0 aliphatic heterocycles. The van der Waals surface area contributed by atoms with Gasteiger partial charge in [-0.15, -0.1) is 0 Å². The molecule has 1 atom stereocenters. The first-order valence-corrected chi connectivity index (χ1v) is 5.78. The molecule has 0 aliphatic rings. The van der Waals surface area contributed by atoms with Crippen molar-refractivity contribution in [1.82, 2.24) is 10.4 Å². The average molecular weight is 235 g/mol. The Morgan fingerprint density at radius 2 is 2.38 bits per heavy atom. The molecule has 0 saturated heterocycles. The highest BCUT2D eigenvalue weighted by molar-refractivity contribution is 7.08. The van der Waals surface area contributed by atoms with Crippen LogP contribution < -0.4 is 16.0 Å². The second-order valence-corrected chi connectivity index (χ2v) is 4.03. The number of nitrogens with one attached hydrogen (secondary N) is 1. The Labute approximate surface area is 98.1 Å². The number of thiophene rings is 1. The van der Waals surface area contributed by atoms with Gasteiger partial charge in [-0.3, -0.25) is 10.8 Å². The molecule has 0 spiro atoms. The highest BCUT2D eigenvalue weighted by atomic mass is 32.1. The van der Waals surface area contributed by atoms with Gasteiger partial charge in [0.15, 0.2) is 0 Å². The molecule has 0 radical (unpaired) electrons. The smallest absolute Gasteiger partial charge is 0.142 e. The minimum absolute atomic E-state index is 0.137. The molecular weight excluding hydrogens is 222 g/mol. The summed E-state index contributed by atoms with van der Waals surface area (Å²) in [5, 5.41) is 4.05. The lowest BCUT2D eigenvalue weighted by atomic mass is 10.1. The maximum atomic E-state index is 5.58. The van der Waals surface area contributed by atoms with Crippen LogP contribution in [-0.2, 0) is 0 Å². The second-order valence-electron chi connectivity index (χ2n) is 3.25. The Kier molecular flexibility index (Phi) is 3.51. The quantitative estimate of drug-likeness (QED) is 0.625. The first kappa shape index (κ1) is 11.1. The summed E-state index contributed by atoms with van der Waals surface area (Å²) in [5.41, 5.74) is 4.64. The van der Waals surface area contributed by atoms with Crippen molar-refractivity contribution in [3.05, 3.63) is 46.4 Å². The summed E-state index contributed by atoms with van der Waals surface area (Å²) in [4.78, 5) is 4.31. The molecule has 0 saturated carbocycles. The van der Waals surface area contributed by atoms with Gasteiger partial charge in [-0.05, 0) is 34.5 Å². The molecule has 2 heterocycles. The Balaban J connectivity index is 2.41. The van der Waals surface area contributed by atoms with Gasteiger partial charge >= 0.3 is 0 Å². The van der Waals surface area contributed by atoms with Crippen LogP contribution in [0.1, 0.15) is 17.3 Å². The van der Waals surface area contributed by atoms with E-state index in [1.165, 1.54) is 0 Å². The molecule has 0 aromatic carbocycles. The molecule has 0 bridgehead atoms. The first-order chi connectivity index (χ1) is 7.86. The first-order valence-electron chi connectivity index (χ1n) is 4.84. The predicted molar refractivity (Wildman–Crippen MR) is 64.3 cm³/mol. The van der Waals surface area contributed by atoms with E-state index in [-0.39, 0.29) is 6.04 Å². The van der Waals surface area contributed by atoms with Gasteiger partial charge in [-0.25, -0.2) is 5.43 Å². The third-order valence-corrected chi connectivity index (χ3v) is 3.04. The highest BCUT2D eigenvalue weighted by Gasteiger charge is 2.18. The molecule has 84 valence electrons. The van der Waals surface area contributed by atoms with Gasteiger partial charge in [0.1, 0.15) is 11.4 Å². The lowest BCUT2D eigenvalue weighted by molar-refractivity contribution is 0.400. The zero-order valence-electron chi connectivity index (χ0n) is 8.88. The van der Waals surface area contributed by atoms with Crippen LogP contribution in [0.4, 0.5) is 0 Å². The molecule has 4 nitrogen and oxygen atoms in total. The Hall–Kier alpha value is -1.43. The number of rotatable bonds is 4. The van der Waals surface area contributed by atoms with Crippen molar-refractivity contribution in [2.45, 2.75) is 6.04 Å². The number of hydrazine groups is 1. The Morgan fingerprint density at radius 1 is 1.50 bits per heavy atom. The highest BCUT2D eigenvalue weighted by Crippen LogP contribution is 2.28. The number of pyridine rings is 1. The van der Waals surface area contributed by atoms with E-state index in [9.17, 15) is 0 Å². The minimum Gasteiger partial charge on any atom is -0.495 e. The van der Waals surface area contributed by atoms with Gasteiger partial charge in [-0.1, -0.05) is 0 Å². The number of nitrogens with zero attached hydrogens (tertiary/aromatic N) is 1. The van der Waals surface area contributed by atoms with Crippen LogP contribution in [0.25, 0.3) is 0 Å². The monoisotopic (exact) mass is 235 g/mol. The maximum absolute atomic E-state index is 5.58. The average Bonchev–Trinajstić information content (AvgIpc) is 2.84. The third-order valence-electron chi connectivity index (χ3n) is 2.34. The van der Waals surface area contributed by atoms with Gasteiger partial charge in [0.2, 0.25) is 0 Å². The van der Waals surface area contributed by atoms with Gasteiger partial charge in [0.25, 0.3) is 0 Å². The largest absolute Gasteiger partial charge is 0.495 e. The predicted octanol–water partition coefficient (Wildman–Crippen LogP) is 1.70. The molecule has 0 aliphatic carbocycles. The lowest BCUT2D eigenvalue weighted by Gasteiger charge is -2.16. The summed E-state index contributed by atoms with van der Waals surface area (Å²) in [6, 6.07) is 5.59. The van der Waals surface area contributed by atoms with Crippen molar-refractivity contribution < 1.29 is 4.74 Å². The van der Waals surface area contributed by atoms with Crippen LogP contribution in [-0.4, -0.2) is 12.1 Å². The van der Waals surface area contributed by atoms with E-state index in [2.05, 4.69) is 10.4 Å². The molecule has 3 N–H and O–H groups in total. The van der Waals surface area contributed by atoms with Crippen molar-refractivity contribution >= 4 is 11.3 Å². The van der Waals surface area contributed by atoms with Crippen LogP contribution in [0.3, 0.4) is 0 Å². The summed E-state index contributed by atoms with van der Waals surface area (Å²) in [7, 11) is 1.63. The van der Waals surface area contributed by atoms with Crippen molar-refractivity contribution in [1.29, 1.82) is 0 Å². The van der Waals surface area contributed by atoms with E-state index in [0.29, 0.717) is 0 Å². The van der Waals surface area contributed by atoms with Crippen LogP contribution in [0.2, 0.25) is 0 Å². The fourth-order valence-corrected chi connectivity index (χ4v) is 2.25. The molecule has 0 fully saturated rings. The van der Waals surface area contributed by atoms with E-state index in [4.69, 9.17) is 10.6 Å². The number of hydrogen-bond donors (Lipinski definition) is 2. The molecule has 16 heavy (non-hydrogen) atoms. The van der Waals surface area contributed by atoms with Crippen molar-refractivity contribution in [3.8, 4) is 5.75 Å². The normalized spacial score (nSPS) is 12.4. The maximum Gasteiger partial charge on any atom is 0.142 e. The molecule has 2 aromatic heterocycles. The SMILES string of the molecule is COc1cccnc1C(NN)c1ccsc1. The zero-order chi connectivity index (χ0) is 11.4. The van der Waals surface area contributed by atoms with E-state index >= 15 is 0 Å². The number of nitrogens with two attached hydrogens (primary N) is 1. The summed E-state index contributed by atoms with van der Waals surface area (Å²) < 4.78 is 5.27. The van der Waals surface area contributed by atoms with E-state index in [1.807, 2.05) is 29.0 Å². The van der Waals surface area contributed by atoms with Crippen LogP contribution in [0.15, 0.2) is 35.2 Å². The van der Waals surface area contributed by atoms with Gasteiger partial charge in [0.05, 0.1) is 13.2 Å². The van der Waals surface area contributed by atoms with Crippen LogP contribution >= 0.6 is 11.3 Å². The van der Waals surface area contributed by atoms with Gasteiger partial charge < -0.3 is 4.74 Å². The molecule has 0 amide bonds. The van der Waals surface area contributed by atoms with Crippen molar-refractivity contribution in [3.63, 3.8) is 0 Å². The standard InChI is InChI=1S/C11H13N3OS/c1-15-9-3-2-5-13-11(9)10(14-12)8-4-6-16-7-8/h2-7,10,14H,12H2,1H3. The summed E-state index contributed by atoms with van der Waals surface area (Å²) in [6.07, 6.45) is 1.73. The number of methoxy groups -OCH3 is 1. The van der Waals surface area contributed by atoms with Gasteiger partial charge in [-0.2, -0.15) is 11.3 Å². The second kappa shape index (κ2) is 5.07. The van der Waals surface area contributed by atoms with E-state index < -0.39 is 0 Å². The third kappa shape index (κ3) is 2.06. The van der Waals surface area contributed by atoms with Gasteiger partial charge in [0, 0.05) is 6.20 Å². The fourth-order valence-electron chi connectivity index (χ4n) is 1.56. The topological polar surface area (TPSA) is 60.2 Å². The lowest BCUT2D eigenvalue weighted by Crippen LogP contribution is -2.29. The zero-order valence-corrected chi connectivity index (χ0v) is 9.70. The molecule has 1 unspecified atom stereocenters. The molecule has 2 aromatic rings. The Bertz CT molecular complexity index is 444. The van der Waals surface area contributed by atoms with Crippen molar-refractivity contribution in [2.24, 2.45) is 5.84 Å². The number of ether oxygens (including phenoxy) is 1. The van der Waals surface area contributed by atoms with Crippen LogP contribution in [0.5, 0.6) is 5.75 Å². The summed E-state index contributed by atoms with van der Waals surface area (Å²) in [6.45, 7) is 0. The van der Waals surface area contributed by atoms with E-state index in [0.717, 1.165) is 17.0 Å². The molecule has 5 heteroatoms. The summed E-state index contributed by atoms with van der Waals surface area (Å²) in [5.74, 6) is 6.31. The fraction of sp³-hybridized carbons (Fsp3) is 0.182. The van der Waals surface area contributed by atoms with E-state index in [1.54, 1.807) is 24.6 Å². The molecule has 2 rings (SSSR count). The number of hydrogen-bond acceptors (Lipinski definition) is 5. The molecular formula is C11H13N3OS. The number of aromatic nitrogens is 1. The van der Waals surface area contributed by atoms with Crippen molar-refractivity contribution in [2.75, 3.05) is 7.11 Å². The summed E-state index contributed by atoms with van der Waals surface area (Å²) >= 11 is 1.63.